The van der Waals surface area contributed by atoms with Gasteiger partial charge < -0.3 is 0 Å². The van der Waals surface area contributed by atoms with E-state index < -0.39 is 0 Å². The third kappa shape index (κ3) is 3.79. The molecule has 1 aromatic carbocycles. The topological polar surface area (TPSA) is 9.72 Å². The highest BCUT2D eigenvalue weighted by Crippen LogP contribution is 2.55. The van der Waals surface area contributed by atoms with E-state index in [1.54, 1.807) is 32.1 Å². The van der Waals surface area contributed by atoms with E-state index in [1.165, 1.54) is 57.7 Å². The Morgan fingerprint density at radius 1 is 0.655 bits per heavy atom. The average molecular weight is 394 g/mol. The summed E-state index contributed by atoms with van der Waals surface area (Å²) in [6, 6.07) is 12.8. The first-order valence-corrected chi connectivity index (χ1v) is 12.6. The van der Waals surface area contributed by atoms with Crippen LogP contribution < -0.4 is 0 Å². The predicted octanol–water partition coefficient (Wildman–Crippen LogP) is 4.09. The molecule has 29 heavy (non-hydrogen) atoms. The van der Waals surface area contributed by atoms with Crippen molar-refractivity contribution < 1.29 is 0 Å². The molecular formula is C26H39N3. The summed E-state index contributed by atoms with van der Waals surface area (Å²) in [7, 11) is 0. The smallest absolute Gasteiger partial charge is 0.0233 e. The highest BCUT2D eigenvalue weighted by molar-refractivity contribution is 5.14. The number of piperidine rings is 1. The molecule has 3 heteroatoms. The highest BCUT2D eigenvalue weighted by atomic mass is 15.3. The lowest BCUT2D eigenvalue weighted by Crippen LogP contribution is -2.61. The van der Waals surface area contributed by atoms with Crippen LogP contribution >= 0.6 is 0 Å². The standard InChI is InChI=1S/C26H39N3/c1-2-4-20(5-3-1)19-27-8-6-25(7-9-27)28-10-12-29(13-11-28)26-23-15-21-14-22(17-23)18-24(26)16-21/h1-5,21-26H,6-19H2. The first-order valence-electron chi connectivity index (χ1n) is 12.6. The number of hydrogen-bond donors (Lipinski definition) is 0. The van der Waals surface area contributed by atoms with Crippen molar-refractivity contribution in [3.63, 3.8) is 0 Å². The van der Waals surface area contributed by atoms with Crippen LogP contribution in [0.1, 0.15) is 50.5 Å². The van der Waals surface area contributed by atoms with E-state index in [1.807, 2.05) is 0 Å². The Balaban J connectivity index is 0.991. The summed E-state index contributed by atoms with van der Waals surface area (Å²) < 4.78 is 0. The summed E-state index contributed by atoms with van der Waals surface area (Å²) in [5.41, 5.74) is 1.47. The molecule has 3 nitrogen and oxygen atoms in total. The second kappa shape index (κ2) is 7.98. The summed E-state index contributed by atoms with van der Waals surface area (Å²) in [6.07, 6.45) is 10.6. The van der Waals surface area contributed by atoms with Crippen LogP contribution in [0.25, 0.3) is 0 Å². The Hall–Kier alpha value is -0.900. The van der Waals surface area contributed by atoms with E-state index in [2.05, 4.69) is 45.0 Å². The van der Waals surface area contributed by atoms with Gasteiger partial charge in [-0.1, -0.05) is 30.3 Å². The molecule has 6 aliphatic rings. The van der Waals surface area contributed by atoms with Crippen molar-refractivity contribution in [3.05, 3.63) is 35.9 Å². The lowest BCUT2D eigenvalue weighted by atomic mass is 9.54. The fourth-order valence-electron chi connectivity index (χ4n) is 8.18. The summed E-state index contributed by atoms with van der Waals surface area (Å²) in [4.78, 5) is 8.47. The minimum atomic E-state index is 0.836. The van der Waals surface area contributed by atoms with Crippen molar-refractivity contribution in [2.24, 2.45) is 23.7 Å². The SMILES string of the molecule is c1ccc(CN2CCC(N3CCN(C4C5CC6CC(C5)CC4C6)CC3)CC2)cc1. The molecule has 0 amide bonds. The summed E-state index contributed by atoms with van der Waals surface area (Å²) in [5.74, 6) is 4.32. The molecule has 0 radical (unpaired) electrons. The van der Waals surface area contributed by atoms with E-state index >= 15 is 0 Å². The molecule has 2 heterocycles. The van der Waals surface area contributed by atoms with Crippen LogP contribution in [0.15, 0.2) is 30.3 Å². The van der Waals surface area contributed by atoms with Gasteiger partial charge >= 0.3 is 0 Å². The Bertz CT molecular complexity index is 644. The minimum Gasteiger partial charge on any atom is -0.299 e. The second-order valence-electron chi connectivity index (χ2n) is 11.0. The van der Waals surface area contributed by atoms with E-state index in [4.69, 9.17) is 0 Å². The largest absolute Gasteiger partial charge is 0.299 e. The number of piperazine rings is 1. The van der Waals surface area contributed by atoms with Crippen LogP contribution in [-0.2, 0) is 6.54 Å². The fraction of sp³-hybridized carbons (Fsp3) is 0.769. The normalized spacial score (nSPS) is 39.2. The molecule has 0 aromatic heterocycles. The molecule has 1 aromatic rings. The van der Waals surface area contributed by atoms with Gasteiger partial charge in [0.25, 0.3) is 0 Å². The Kier molecular flexibility index (Phi) is 5.18. The van der Waals surface area contributed by atoms with Gasteiger partial charge in [0.05, 0.1) is 0 Å². The third-order valence-corrected chi connectivity index (χ3v) is 9.27. The molecule has 6 fully saturated rings. The monoisotopic (exact) mass is 393 g/mol. The molecule has 158 valence electrons. The Morgan fingerprint density at radius 2 is 1.24 bits per heavy atom. The molecular weight excluding hydrogens is 354 g/mol. The molecule has 4 aliphatic carbocycles. The summed E-state index contributed by atoms with van der Waals surface area (Å²) >= 11 is 0. The van der Waals surface area contributed by atoms with E-state index in [0.717, 1.165) is 42.3 Å². The van der Waals surface area contributed by atoms with Crippen molar-refractivity contribution in [3.8, 4) is 0 Å². The number of likely N-dealkylation sites (tertiary alicyclic amines) is 1. The van der Waals surface area contributed by atoms with Crippen molar-refractivity contribution >= 4 is 0 Å². The van der Waals surface area contributed by atoms with Crippen molar-refractivity contribution in [2.75, 3.05) is 39.3 Å². The highest BCUT2D eigenvalue weighted by Gasteiger charge is 2.50. The molecule has 0 spiro atoms. The maximum atomic E-state index is 2.95. The predicted molar refractivity (Wildman–Crippen MR) is 119 cm³/mol. The molecule has 2 aliphatic heterocycles. The minimum absolute atomic E-state index is 0.836. The fourth-order valence-corrected chi connectivity index (χ4v) is 8.18. The lowest BCUT2D eigenvalue weighted by molar-refractivity contribution is -0.0806. The van der Waals surface area contributed by atoms with Gasteiger partial charge in [0.15, 0.2) is 0 Å². The van der Waals surface area contributed by atoms with Crippen LogP contribution in [0, 0.1) is 23.7 Å². The molecule has 4 saturated carbocycles. The number of hydrogen-bond acceptors (Lipinski definition) is 3. The van der Waals surface area contributed by atoms with E-state index in [9.17, 15) is 0 Å². The van der Waals surface area contributed by atoms with Crippen molar-refractivity contribution in [1.29, 1.82) is 0 Å². The van der Waals surface area contributed by atoms with Gasteiger partial charge in [0, 0.05) is 44.8 Å². The van der Waals surface area contributed by atoms with Crippen molar-refractivity contribution in [1.82, 2.24) is 14.7 Å². The quantitative estimate of drug-likeness (QED) is 0.763. The summed E-state index contributed by atoms with van der Waals surface area (Å²) in [6.45, 7) is 9.02. The van der Waals surface area contributed by atoms with E-state index in [0.29, 0.717) is 0 Å². The van der Waals surface area contributed by atoms with Crippen LogP contribution in [-0.4, -0.2) is 66.1 Å². The summed E-state index contributed by atoms with van der Waals surface area (Å²) in [5, 5.41) is 0. The van der Waals surface area contributed by atoms with Gasteiger partial charge in [-0.2, -0.15) is 0 Å². The van der Waals surface area contributed by atoms with Gasteiger partial charge in [0.2, 0.25) is 0 Å². The zero-order valence-electron chi connectivity index (χ0n) is 18.1. The zero-order chi connectivity index (χ0) is 19.2. The second-order valence-corrected chi connectivity index (χ2v) is 11.0. The molecule has 7 rings (SSSR count). The number of rotatable bonds is 4. The Labute approximate surface area is 177 Å². The van der Waals surface area contributed by atoms with Crippen LogP contribution in [0.3, 0.4) is 0 Å². The Morgan fingerprint density at radius 3 is 1.86 bits per heavy atom. The van der Waals surface area contributed by atoms with Crippen LogP contribution in [0.4, 0.5) is 0 Å². The van der Waals surface area contributed by atoms with Gasteiger partial charge in [-0.25, -0.2) is 0 Å². The molecule has 0 N–H and O–H groups in total. The zero-order valence-corrected chi connectivity index (χ0v) is 18.1. The first kappa shape index (κ1) is 18.8. The molecule has 0 atom stereocenters. The van der Waals surface area contributed by atoms with Crippen LogP contribution in [0.2, 0.25) is 0 Å². The first-order chi connectivity index (χ1) is 14.3. The number of benzene rings is 1. The molecule has 2 saturated heterocycles. The van der Waals surface area contributed by atoms with Gasteiger partial charge in [-0.05, 0) is 87.3 Å². The van der Waals surface area contributed by atoms with Gasteiger partial charge in [-0.15, -0.1) is 0 Å². The lowest BCUT2D eigenvalue weighted by Gasteiger charge is -2.58. The molecule has 0 unspecified atom stereocenters. The maximum Gasteiger partial charge on any atom is 0.0233 e. The third-order valence-electron chi connectivity index (χ3n) is 9.27. The maximum absolute atomic E-state index is 2.95. The van der Waals surface area contributed by atoms with Crippen LogP contribution in [0.5, 0.6) is 0 Å². The average Bonchev–Trinajstić information content (AvgIpc) is 2.75. The van der Waals surface area contributed by atoms with Gasteiger partial charge in [-0.3, -0.25) is 14.7 Å². The van der Waals surface area contributed by atoms with Crippen molar-refractivity contribution in [2.45, 2.75) is 63.6 Å². The number of nitrogens with zero attached hydrogens (tertiary/aromatic N) is 3. The van der Waals surface area contributed by atoms with E-state index in [-0.39, 0.29) is 0 Å². The van der Waals surface area contributed by atoms with Gasteiger partial charge in [0.1, 0.15) is 0 Å². The molecule has 4 bridgehead atoms.